The van der Waals surface area contributed by atoms with Crippen molar-refractivity contribution in [2.24, 2.45) is 0 Å². The van der Waals surface area contributed by atoms with Crippen molar-refractivity contribution < 1.29 is 8.78 Å². The van der Waals surface area contributed by atoms with E-state index in [1.807, 2.05) is 27.7 Å². The van der Waals surface area contributed by atoms with Crippen LogP contribution in [0.2, 0.25) is 0 Å². The van der Waals surface area contributed by atoms with Crippen molar-refractivity contribution in [2.45, 2.75) is 53.1 Å². The Morgan fingerprint density at radius 2 is 1.55 bits per heavy atom. The zero-order valence-electron chi connectivity index (χ0n) is 13.0. The molecule has 0 spiro atoms. The quantitative estimate of drug-likeness (QED) is 0.773. The first-order chi connectivity index (χ1) is 9.49. The van der Waals surface area contributed by atoms with Crippen molar-refractivity contribution in [3.8, 4) is 0 Å². The molecule has 0 atom stereocenters. The lowest BCUT2D eigenvalue weighted by Crippen LogP contribution is -2.27. The van der Waals surface area contributed by atoms with E-state index in [1.165, 1.54) is 12.1 Å². The van der Waals surface area contributed by atoms with E-state index < -0.39 is 11.6 Å². The minimum Gasteiger partial charge on any atom is -0.367 e. The second-order valence-corrected chi connectivity index (χ2v) is 5.43. The van der Waals surface area contributed by atoms with Crippen molar-refractivity contribution in [2.75, 3.05) is 18.0 Å². The van der Waals surface area contributed by atoms with Crippen molar-refractivity contribution in [3.63, 3.8) is 0 Å². The Balaban J connectivity index is 2.97. The van der Waals surface area contributed by atoms with Crippen molar-refractivity contribution in [3.05, 3.63) is 29.3 Å². The number of nitrogens with one attached hydrogen (secondary N) is 1. The van der Waals surface area contributed by atoms with Crippen LogP contribution in [0.1, 0.15) is 46.1 Å². The van der Waals surface area contributed by atoms with E-state index in [2.05, 4.69) is 5.32 Å². The first-order valence-corrected chi connectivity index (χ1v) is 7.45. The number of nitrogens with zero attached hydrogens (tertiary/aromatic N) is 1. The molecule has 1 N–H and O–H groups in total. The Kier molecular flexibility index (Phi) is 6.93. The summed E-state index contributed by atoms with van der Waals surface area (Å²) in [4.78, 5) is 1.80. The monoisotopic (exact) mass is 284 g/mol. The predicted octanol–water partition coefficient (Wildman–Crippen LogP) is 4.09. The maximum Gasteiger partial charge on any atom is 0.149 e. The van der Waals surface area contributed by atoms with E-state index in [4.69, 9.17) is 0 Å². The molecule has 1 aromatic carbocycles. The van der Waals surface area contributed by atoms with Gasteiger partial charge in [-0.05, 0) is 30.5 Å². The van der Waals surface area contributed by atoms with Crippen molar-refractivity contribution >= 4 is 5.69 Å². The fraction of sp³-hybridized carbons (Fsp3) is 0.625. The van der Waals surface area contributed by atoms with Crippen molar-refractivity contribution in [1.82, 2.24) is 5.32 Å². The van der Waals surface area contributed by atoms with Crippen LogP contribution in [-0.2, 0) is 6.54 Å². The molecule has 0 bridgehead atoms. The van der Waals surface area contributed by atoms with Crippen LogP contribution in [0, 0.1) is 11.6 Å². The van der Waals surface area contributed by atoms with Crippen LogP contribution < -0.4 is 10.2 Å². The first kappa shape index (κ1) is 16.9. The number of hydrogen-bond donors (Lipinski definition) is 1. The molecular formula is C16H26F2N2. The molecule has 0 fully saturated rings. The summed E-state index contributed by atoms with van der Waals surface area (Å²) in [5.41, 5.74) is 0.757. The average Bonchev–Trinajstić information content (AvgIpc) is 2.36. The summed E-state index contributed by atoms with van der Waals surface area (Å²) in [6, 6.07) is 3.16. The zero-order valence-corrected chi connectivity index (χ0v) is 13.0. The topological polar surface area (TPSA) is 15.3 Å². The average molecular weight is 284 g/mol. The van der Waals surface area contributed by atoms with E-state index in [0.29, 0.717) is 25.2 Å². The summed E-state index contributed by atoms with van der Waals surface area (Å²) in [6.45, 7) is 9.86. The second kappa shape index (κ2) is 8.20. The van der Waals surface area contributed by atoms with E-state index >= 15 is 0 Å². The summed E-state index contributed by atoms with van der Waals surface area (Å²) in [7, 11) is 0. The van der Waals surface area contributed by atoms with Gasteiger partial charge in [0.25, 0.3) is 0 Å². The Morgan fingerprint density at radius 1 is 1.05 bits per heavy atom. The highest BCUT2D eigenvalue weighted by Crippen LogP contribution is 2.25. The number of hydrogen-bond acceptors (Lipinski definition) is 2. The van der Waals surface area contributed by atoms with Gasteiger partial charge in [0.15, 0.2) is 0 Å². The summed E-state index contributed by atoms with van der Waals surface area (Å²) in [5.74, 6) is -0.931. The van der Waals surface area contributed by atoms with E-state index in [1.54, 1.807) is 4.90 Å². The molecule has 1 aromatic rings. The third-order valence-electron chi connectivity index (χ3n) is 3.09. The molecule has 1 rings (SSSR count). The van der Waals surface area contributed by atoms with Gasteiger partial charge >= 0.3 is 0 Å². The lowest BCUT2D eigenvalue weighted by Gasteiger charge is -2.25. The van der Waals surface area contributed by atoms with Gasteiger partial charge < -0.3 is 10.2 Å². The van der Waals surface area contributed by atoms with Crippen LogP contribution in [0.5, 0.6) is 0 Å². The van der Waals surface area contributed by atoms with Gasteiger partial charge in [-0.2, -0.15) is 0 Å². The lowest BCUT2D eigenvalue weighted by atomic mass is 10.1. The first-order valence-electron chi connectivity index (χ1n) is 7.45. The van der Waals surface area contributed by atoms with Gasteiger partial charge in [-0.1, -0.05) is 27.7 Å². The minimum absolute atomic E-state index is 0.113. The molecule has 0 aliphatic carbocycles. The highest BCUT2D eigenvalue weighted by atomic mass is 19.1. The molecule has 2 nitrogen and oxygen atoms in total. The van der Waals surface area contributed by atoms with Crippen LogP contribution in [0.3, 0.4) is 0 Å². The Labute approximate surface area is 121 Å². The Hall–Kier alpha value is -1.16. The van der Waals surface area contributed by atoms with Gasteiger partial charge in [-0.25, -0.2) is 8.78 Å². The van der Waals surface area contributed by atoms with Gasteiger partial charge in [0.05, 0.1) is 0 Å². The molecule has 0 radical (unpaired) electrons. The molecule has 20 heavy (non-hydrogen) atoms. The standard InChI is InChI=1S/C16H26F2N2/c1-5-7-20(8-6-2)16-14(17)9-13(10-15(16)18)11-19-12(3)4/h9-10,12,19H,5-8,11H2,1-4H3. The third-order valence-corrected chi connectivity index (χ3v) is 3.09. The smallest absolute Gasteiger partial charge is 0.149 e. The molecule has 0 saturated carbocycles. The van der Waals surface area contributed by atoms with Crippen LogP contribution >= 0.6 is 0 Å². The van der Waals surface area contributed by atoms with Gasteiger partial charge in [0.2, 0.25) is 0 Å². The van der Waals surface area contributed by atoms with Gasteiger partial charge in [-0.15, -0.1) is 0 Å². The summed E-state index contributed by atoms with van der Waals surface area (Å²) in [6.07, 6.45) is 1.74. The summed E-state index contributed by atoms with van der Waals surface area (Å²) < 4.78 is 28.4. The molecule has 0 aliphatic heterocycles. The molecule has 114 valence electrons. The minimum atomic E-state index is -0.465. The molecule has 0 amide bonds. The Bertz CT molecular complexity index is 390. The van der Waals surface area contributed by atoms with Crippen LogP contribution in [0.4, 0.5) is 14.5 Å². The summed E-state index contributed by atoms with van der Waals surface area (Å²) >= 11 is 0. The molecule has 0 heterocycles. The molecule has 0 aliphatic rings. The fourth-order valence-corrected chi connectivity index (χ4v) is 2.22. The predicted molar refractivity (Wildman–Crippen MR) is 81.1 cm³/mol. The van der Waals surface area contributed by atoms with Gasteiger partial charge in [-0.3, -0.25) is 0 Å². The molecule has 0 saturated heterocycles. The van der Waals surface area contributed by atoms with Gasteiger partial charge in [0, 0.05) is 25.7 Å². The van der Waals surface area contributed by atoms with E-state index in [0.717, 1.165) is 12.8 Å². The molecule has 4 heteroatoms. The van der Waals surface area contributed by atoms with Crippen molar-refractivity contribution in [1.29, 1.82) is 0 Å². The van der Waals surface area contributed by atoms with Crippen LogP contribution in [0.25, 0.3) is 0 Å². The molecule has 0 aromatic heterocycles. The maximum atomic E-state index is 14.2. The Morgan fingerprint density at radius 3 is 1.95 bits per heavy atom. The summed E-state index contributed by atoms with van der Waals surface area (Å²) in [5, 5.41) is 3.17. The largest absolute Gasteiger partial charge is 0.367 e. The number of anilines is 1. The van der Waals surface area contributed by atoms with E-state index in [-0.39, 0.29) is 11.7 Å². The SMILES string of the molecule is CCCN(CCC)c1c(F)cc(CNC(C)C)cc1F. The van der Waals surface area contributed by atoms with Crippen LogP contribution in [0.15, 0.2) is 12.1 Å². The maximum absolute atomic E-state index is 14.2. The highest BCUT2D eigenvalue weighted by molar-refractivity contribution is 5.50. The third kappa shape index (κ3) is 4.75. The number of rotatable bonds is 8. The number of benzene rings is 1. The fourth-order valence-electron chi connectivity index (χ4n) is 2.22. The molecular weight excluding hydrogens is 258 g/mol. The van der Waals surface area contributed by atoms with Crippen LogP contribution in [-0.4, -0.2) is 19.1 Å². The zero-order chi connectivity index (χ0) is 15.1. The normalized spacial score (nSPS) is 11.2. The number of halogens is 2. The molecule has 0 unspecified atom stereocenters. The highest BCUT2D eigenvalue weighted by Gasteiger charge is 2.17. The second-order valence-electron chi connectivity index (χ2n) is 5.43. The lowest BCUT2D eigenvalue weighted by molar-refractivity contribution is 0.551. The van der Waals surface area contributed by atoms with Gasteiger partial charge in [0.1, 0.15) is 17.3 Å². The van der Waals surface area contributed by atoms with E-state index in [9.17, 15) is 8.78 Å².